The van der Waals surface area contributed by atoms with Crippen molar-refractivity contribution in [3.05, 3.63) is 0 Å². The topological polar surface area (TPSA) is 3.24 Å². The molecule has 15 heavy (non-hydrogen) atoms. The summed E-state index contributed by atoms with van der Waals surface area (Å²) in [5.41, 5.74) is 0. The minimum atomic E-state index is 0.717. The van der Waals surface area contributed by atoms with Crippen molar-refractivity contribution in [1.82, 2.24) is 4.90 Å². The molecular weight excluding hydrogens is 184 g/mol. The molecule has 0 saturated heterocycles. The maximum Gasteiger partial charge on any atom is 0.0857 e. The van der Waals surface area contributed by atoms with Gasteiger partial charge in [-0.05, 0) is 54.1 Å². The van der Waals surface area contributed by atoms with Crippen LogP contribution in [0.4, 0.5) is 0 Å². The van der Waals surface area contributed by atoms with Crippen LogP contribution < -0.4 is 0 Å². The number of quaternary nitrogens is 1. The number of hydrogen-bond donors (Lipinski definition) is 0. The first-order valence-corrected chi connectivity index (χ1v) is 6.30. The van der Waals surface area contributed by atoms with Gasteiger partial charge >= 0.3 is 0 Å². The Bertz CT molecular complexity index is 164. The Kier molecular flexibility index (Phi) is 6.46. The SMILES string of the molecule is CC[N+](C)(C)C(C)CCCC(C)N(C)C. The highest BCUT2D eigenvalue weighted by molar-refractivity contribution is 4.61. The van der Waals surface area contributed by atoms with Crippen LogP contribution in [0.1, 0.15) is 40.0 Å². The maximum atomic E-state index is 2.38. The van der Waals surface area contributed by atoms with E-state index in [0.717, 1.165) is 16.6 Å². The number of hydrogen-bond acceptors (Lipinski definition) is 1. The molecule has 0 aliphatic carbocycles. The molecule has 0 N–H and O–H groups in total. The number of nitrogens with zero attached hydrogens (tertiary/aromatic N) is 2. The summed E-state index contributed by atoms with van der Waals surface area (Å²) in [5, 5.41) is 0. The van der Waals surface area contributed by atoms with Crippen molar-refractivity contribution < 1.29 is 4.48 Å². The maximum absolute atomic E-state index is 2.38. The molecule has 0 amide bonds. The van der Waals surface area contributed by atoms with Gasteiger partial charge in [0, 0.05) is 6.04 Å². The second kappa shape index (κ2) is 6.49. The van der Waals surface area contributed by atoms with Crippen LogP contribution in [0.15, 0.2) is 0 Å². The van der Waals surface area contributed by atoms with E-state index in [1.165, 1.54) is 25.8 Å². The normalized spacial score (nSPS) is 16.8. The zero-order chi connectivity index (χ0) is 12.1. The molecule has 0 saturated carbocycles. The van der Waals surface area contributed by atoms with Gasteiger partial charge in [0.05, 0.1) is 26.7 Å². The van der Waals surface area contributed by atoms with Gasteiger partial charge in [-0.1, -0.05) is 0 Å². The Labute approximate surface area is 96.8 Å². The highest BCUT2D eigenvalue weighted by atomic mass is 15.3. The van der Waals surface area contributed by atoms with Crippen molar-refractivity contribution in [3.8, 4) is 0 Å². The first-order chi connectivity index (χ1) is 6.81. The molecule has 0 bridgehead atoms. The molecule has 2 atom stereocenters. The van der Waals surface area contributed by atoms with E-state index in [0.29, 0.717) is 0 Å². The third-order valence-electron chi connectivity index (χ3n) is 4.13. The summed E-state index contributed by atoms with van der Waals surface area (Å²) in [6, 6.07) is 1.50. The predicted octanol–water partition coefficient (Wildman–Crippen LogP) is 2.59. The molecule has 0 aromatic heterocycles. The largest absolute Gasteiger partial charge is 0.327 e. The summed E-state index contributed by atoms with van der Waals surface area (Å²) in [6.07, 6.45) is 4.02. The van der Waals surface area contributed by atoms with E-state index < -0.39 is 0 Å². The van der Waals surface area contributed by atoms with Crippen molar-refractivity contribution >= 4 is 0 Å². The monoisotopic (exact) mass is 215 g/mol. The second-order valence-electron chi connectivity index (χ2n) is 5.69. The Morgan fingerprint density at radius 3 is 2.00 bits per heavy atom. The van der Waals surface area contributed by atoms with Crippen LogP contribution in [0.25, 0.3) is 0 Å². The standard InChI is InChI=1S/C13H31N2/c1-8-15(6,7)13(3)11-9-10-12(2)14(4)5/h12-13H,8-11H2,1-7H3/q+1. The van der Waals surface area contributed by atoms with Crippen molar-refractivity contribution in [2.75, 3.05) is 34.7 Å². The van der Waals surface area contributed by atoms with Gasteiger partial charge in [-0.25, -0.2) is 0 Å². The van der Waals surface area contributed by atoms with E-state index in [1.807, 2.05) is 0 Å². The third kappa shape index (κ3) is 5.53. The Hall–Kier alpha value is -0.0800. The molecule has 0 fully saturated rings. The molecule has 0 aliphatic heterocycles. The summed E-state index contributed by atoms with van der Waals surface area (Å²) in [4.78, 5) is 2.31. The van der Waals surface area contributed by atoms with Crippen LogP contribution in [0.3, 0.4) is 0 Å². The summed E-state index contributed by atoms with van der Waals surface area (Å²) in [5.74, 6) is 0. The lowest BCUT2D eigenvalue weighted by molar-refractivity contribution is -0.911. The molecule has 2 unspecified atom stereocenters. The van der Waals surface area contributed by atoms with Gasteiger partial charge in [0.2, 0.25) is 0 Å². The minimum Gasteiger partial charge on any atom is -0.327 e. The molecule has 0 radical (unpaired) electrons. The van der Waals surface area contributed by atoms with Crippen molar-refractivity contribution in [1.29, 1.82) is 0 Å². The van der Waals surface area contributed by atoms with E-state index in [2.05, 4.69) is 53.9 Å². The van der Waals surface area contributed by atoms with E-state index >= 15 is 0 Å². The van der Waals surface area contributed by atoms with Gasteiger partial charge in [-0.2, -0.15) is 0 Å². The first kappa shape index (κ1) is 14.9. The van der Waals surface area contributed by atoms with Crippen LogP contribution in [0, 0.1) is 0 Å². The van der Waals surface area contributed by atoms with Gasteiger partial charge in [-0.15, -0.1) is 0 Å². The van der Waals surface area contributed by atoms with E-state index in [4.69, 9.17) is 0 Å². The lowest BCUT2D eigenvalue weighted by Crippen LogP contribution is -2.47. The quantitative estimate of drug-likeness (QED) is 0.590. The summed E-state index contributed by atoms with van der Waals surface area (Å²) in [7, 11) is 9.00. The fourth-order valence-corrected chi connectivity index (χ4v) is 1.63. The molecular formula is C13H31N2+. The summed E-state index contributed by atoms with van der Waals surface area (Å²) >= 11 is 0. The molecule has 0 rings (SSSR count). The molecule has 2 nitrogen and oxygen atoms in total. The lowest BCUT2D eigenvalue weighted by Gasteiger charge is -2.35. The van der Waals surface area contributed by atoms with Gasteiger partial charge in [0.1, 0.15) is 0 Å². The molecule has 0 aromatic carbocycles. The highest BCUT2D eigenvalue weighted by Gasteiger charge is 2.21. The van der Waals surface area contributed by atoms with Crippen molar-refractivity contribution in [2.24, 2.45) is 0 Å². The van der Waals surface area contributed by atoms with E-state index in [1.54, 1.807) is 0 Å². The average Bonchev–Trinajstić information content (AvgIpc) is 2.17. The van der Waals surface area contributed by atoms with Crippen LogP contribution in [0.5, 0.6) is 0 Å². The van der Waals surface area contributed by atoms with Gasteiger partial charge in [0.25, 0.3) is 0 Å². The van der Waals surface area contributed by atoms with Gasteiger partial charge < -0.3 is 9.38 Å². The summed E-state index contributed by atoms with van der Waals surface area (Å²) < 4.78 is 1.15. The van der Waals surface area contributed by atoms with Gasteiger partial charge in [0.15, 0.2) is 0 Å². The molecule has 0 aromatic rings. The Balaban J connectivity index is 3.77. The van der Waals surface area contributed by atoms with Crippen LogP contribution in [-0.4, -0.2) is 56.2 Å². The predicted molar refractivity (Wildman–Crippen MR) is 69.1 cm³/mol. The fourth-order valence-electron chi connectivity index (χ4n) is 1.63. The highest BCUT2D eigenvalue weighted by Crippen LogP contribution is 2.14. The van der Waals surface area contributed by atoms with Crippen molar-refractivity contribution in [3.63, 3.8) is 0 Å². The third-order valence-corrected chi connectivity index (χ3v) is 4.13. The zero-order valence-electron chi connectivity index (χ0n) is 11.9. The molecule has 0 heterocycles. The lowest BCUT2D eigenvalue weighted by atomic mass is 10.0. The van der Waals surface area contributed by atoms with E-state index in [-0.39, 0.29) is 0 Å². The van der Waals surface area contributed by atoms with Crippen LogP contribution in [-0.2, 0) is 0 Å². The smallest absolute Gasteiger partial charge is 0.0857 e. The molecule has 92 valence electrons. The fraction of sp³-hybridized carbons (Fsp3) is 1.00. The van der Waals surface area contributed by atoms with Crippen LogP contribution >= 0.6 is 0 Å². The Morgan fingerprint density at radius 2 is 1.60 bits per heavy atom. The minimum absolute atomic E-state index is 0.717. The second-order valence-corrected chi connectivity index (χ2v) is 5.69. The first-order valence-electron chi connectivity index (χ1n) is 6.30. The van der Waals surface area contributed by atoms with E-state index in [9.17, 15) is 0 Å². The number of rotatable bonds is 7. The average molecular weight is 215 g/mol. The molecule has 0 aliphatic rings. The van der Waals surface area contributed by atoms with Gasteiger partial charge in [-0.3, -0.25) is 0 Å². The molecule has 2 heteroatoms. The zero-order valence-corrected chi connectivity index (χ0v) is 11.9. The molecule has 0 spiro atoms. The van der Waals surface area contributed by atoms with Crippen molar-refractivity contribution in [2.45, 2.75) is 52.1 Å². The summed E-state index contributed by atoms with van der Waals surface area (Å²) in [6.45, 7) is 8.19. The Morgan fingerprint density at radius 1 is 1.07 bits per heavy atom. The van der Waals surface area contributed by atoms with Crippen LogP contribution in [0.2, 0.25) is 0 Å².